The number of ether oxygens (including phenoxy) is 1. The Kier molecular flexibility index (Phi) is 65.4. The number of carbonyl (C=O) groups is 2. The van der Waals surface area contributed by atoms with Crippen molar-refractivity contribution in [2.75, 3.05) is 13.2 Å². The molecule has 0 fully saturated rings. The van der Waals surface area contributed by atoms with Crippen molar-refractivity contribution in [2.45, 2.75) is 405 Å². The smallest absolute Gasteiger partial charge is 0.305 e. The lowest BCUT2D eigenvalue weighted by Crippen LogP contribution is -2.45. The Morgan fingerprint density at radius 1 is 0.351 bits per heavy atom. The van der Waals surface area contributed by atoms with Gasteiger partial charge < -0.3 is 20.3 Å². The summed E-state index contributed by atoms with van der Waals surface area (Å²) in [6, 6.07) is -0.548. The van der Waals surface area contributed by atoms with E-state index in [-0.39, 0.29) is 18.5 Å². The van der Waals surface area contributed by atoms with Crippen LogP contribution in [0.3, 0.4) is 0 Å². The molecule has 0 bridgehead atoms. The number of nitrogens with one attached hydrogen (secondary N) is 1. The first kappa shape index (κ1) is 75.3. The highest BCUT2D eigenvalue weighted by molar-refractivity contribution is 5.76. The van der Waals surface area contributed by atoms with Crippen molar-refractivity contribution in [1.29, 1.82) is 0 Å². The van der Waals surface area contributed by atoms with E-state index in [9.17, 15) is 19.8 Å². The molecule has 2 unspecified atom stereocenters. The minimum absolute atomic E-state index is 0.00590. The SMILES string of the molecule is CCCCCCCC/C=C\CCCCCCCCCC(=O)OCCCCCCCCCCCC/C=C\CCCCCCCCCC(=O)NC(CO)C(O)CCCCCCCCCCCCCCCCCCCCCCCC. The van der Waals surface area contributed by atoms with Gasteiger partial charge in [0.15, 0.2) is 0 Å². The number of hydrogen-bond acceptors (Lipinski definition) is 5. The Morgan fingerprint density at radius 2 is 0.610 bits per heavy atom. The van der Waals surface area contributed by atoms with E-state index in [0.717, 1.165) is 44.9 Å². The van der Waals surface area contributed by atoms with Crippen molar-refractivity contribution in [3.63, 3.8) is 0 Å². The van der Waals surface area contributed by atoms with Crippen molar-refractivity contribution in [2.24, 2.45) is 0 Å². The minimum atomic E-state index is -0.671. The van der Waals surface area contributed by atoms with E-state index >= 15 is 0 Å². The monoisotopic (exact) mass is 1080 g/mol. The highest BCUT2D eigenvalue weighted by atomic mass is 16.5. The molecule has 0 rings (SSSR count). The Balaban J connectivity index is 3.41. The van der Waals surface area contributed by atoms with E-state index in [2.05, 4.69) is 43.5 Å². The van der Waals surface area contributed by atoms with Crippen LogP contribution in [0.4, 0.5) is 0 Å². The summed E-state index contributed by atoms with van der Waals surface area (Å²) in [6.45, 7) is 4.98. The second-order valence-corrected chi connectivity index (χ2v) is 24.2. The van der Waals surface area contributed by atoms with Gasteiger partial charge in [-0.3, -0.25) is 9.59 Å². The summed E-state index contributed by atoms with van der Waals surface area (Å²) >= 11 is 0. The van der Waals surface area contributed by atoms with Crippen LogP contribution >= 0.6 is 0 Å². The molecule has 6 nitrogen and oxygen atoms in total. The zero-order valence-corrected chi connectivity index (χ0v) is 52.2. The molecule has 0 aromatic heterocycles. The summed E-state index contributed by atoms with van der Waals surface area (Å²) in [5, 5.41) is 23.4. The van der Waals surface area contributed by atoms with Gasteiger partial charge in [-0.25, -0.2) is 0 Å². The molecule has 2 atom stereocenters. The quantitative estimate of drug-likeness (QED) is 0.0320. The first-order chi connectivity index (χ1) is 38.0. The molecular weight excluding hydrogens is 947 g/mol. The summed E-state index contributed by atoms with van der Waals surface area (Å²) in [7, 11) is 0. The molecule has 0 aliphatic carbocycles. The van der Waals surface area contributed by atoms with Gasteiger partial charge >= 0.3 is 5.97 Å². The highest BCUT2D eigenvalue weighted by Crippen LogP contribution is 2.19. The summed E-state index contributed by atoms with van der Waals surface area (Å²) in [4.78, 5) is 24.6. The summed E-state index contributed by atoms with van der Waals surface area (Å²) in [5.74, 6) is -0.0326. The minimum Gasteiger partial charge on any atom is -0.466 e. The van der Waals surface area contributed by atoms with Gasteiger partial charge in [0.1, 0.15) is 0 Å². The molecule has 0 heterocycles. The van der Waals surface area contributed by atoms with Gasteiger partial charge in [-0.1, -0.05) is 327 Å². The average molecular weight is 1080 g/mol. The molecule has 1 amide bonds. The van der Waals surface area contributed by atoms with E-state index in [1.54, 1.807) is 0 Å². The van der Waals surface area contributed by atoms with E-state index in [0.29, 0.717) is 25.9 Å². The molecule has 0 radical (unpaired) electrons. The number of allylic oxidation sites excluding steroid dienone is 4. The molecule has 0 spiro atoms. The largest absolute Gasteiger partial charge is 0.466 e. The third-order valence-electron chi connectivity index (χ3n) is 16.5. The maximum atomic E-state index is 12.5. The van der Waals surface area contributed by atoms with Gasteiger partial charge in [-0.15, -0.1) is 0 Å². The van der Waals surface area contributed by atoms with Crippen LogP contribution in [0.25, 0.3) is 0 Å². The molecule has 0 aliphatic rings. The predicted molar refractivity (Wildman–Crippen MR) is 338 cm³/mol. The van der Waals surface area contributed by atoms with Crippen molar-refractivity contribution in [3.05, 3.63) is 24.3 Å². The van der Waals surface area contributed by atoms with Crippen molar-refractivity contribution < 1.29 is 24.5 Å². The van der Waals surface area contributed by atoms with E-state index < -0.39 is 12.1 Å². The summed E-state index contributed by atoms with van der Waals surface area (Å²) < 4.78 is 5.50. The fraction of sp³-hybridized carbons (Fsp3) is 0.915. The second kappa shape index (κ2) is 66.8. The average Bonchev–Trinajstić information content (AvgIpc) is 3.43. The van der Waals surface area contributed by atoms with Crippen LogP contribution in [-0.4, -0.2) is 47.4 Å². The van der Waals surface area contributed by atoms with E-state index in [1.165, 1.54) is 315 Å². The topological polar surface area (TPSA) is 95.9 Å². The van der Waals surface area contributed by atoms with Crippen molar-refractivity contribution >= 4 is 11.9 Å². The van der Waals surface area contributed by atoms with Crippen molar-refractivity contribution in [1.82, 2.24) is 5.32 Å². The molecule has 0 saturated heterocycles. The normalized spacial score (nSPS) is 12.6. The van der Waals surface area contributed by atoms with Crippen LogP contribution in [0.2, 0.25) is 0 Å². The first-order valence-corrected chi connectivity index (χ1v) is 35.1. The Bertz CT molecular complexity index is 1200. The molecule has 0 aromatic rings. The fourth-order valence-corrected chi connectivity index (χ4v) is 11.1. The van der Waals surface area contributed by atoms with Gasteiger partial charge in [0.2, 0.25) is 5.91 Å². The zero-order valence-electron chi connectivity index (χ0n) is 52.2. The lowest BCUT2D eigenvalue weighted by Gasteiger charge is -2.22. The number of rotatable bonds is 66. The number of unbranched alkanes of at least 4 members (excludes halogenated alkanes) is 51. The fourth-order valence-electron chi connectivity index (χ4n) is 11.1. The highest BCUT2D eigenvalue weighted by Gasteiger charge is 2.20. The van der Waals surface area contributed by atoms with Gasteiger partial charge in [-0.2, -0.15) is 0 Å². The number of hydrogen-bond donors (Lipinski definition) is 3. The summed E-state index contributed by atoms with van der Waals surface area (Å²) in [6.07, 6.45) is 83.6. The first-order valence-electron chi connectivity index (χ1n) is 35.1. The van der Waals surface area contributed by atoms with Gasteiger partial charge in [0.25, 0.3) is 0 Å². The van der Waals surface area contributed by atoms with Crippen LogP contribution < -0.4 is 5.32 Å². The molecule has 77 heavy (non-hydrogen) atoms. The Hall–Kier alpha value is -1.66. The van der Waals surface area contributed by atoms with Crippen LogP contribution in [-0.2, 0) is 14.3 Å². The number of aliphatic hydroxyl groups is 2. The number of amides is 1. The molecule has 6 heteroatoms. The maximum Gasteiger partial charge on any atom is 0.305 e. The molecule has 0 saturated carbocycles. The zero-order chi connectivity index (χ0) is 55.7. The lowest BCUT2D eigenvalue weighted by atomic mass is 10.0. The van der Waals surface area contributed by atoms with E-state index in [4.69, 9.17) is 4.74 Å². The molecule has 456 valence electrons. The van der Waals surface area contributed by atoms with Crippen LogP contribution in [0.1, 0.15) is 393 Å². The maximum absolute atomic E-state index is 12.5. The Morgan fingerprint density at radius 3 is 0.922 bits per heavy atom. The van der Waals surface area contributed by atoms with Gasteiger partial charge in [0.05, 0.1) is 25.4 Å². The van der Waals surface area contributed by atoms with Crippen LogP contribution in [0, 0.1) is 0 Å². The molecule has 3 N–H and O–H groups in total. The molecule has 0 aromatic carbocycles. The third kappa shape index (κ3) is 63.4. The third-order valence-corrected chi connectivity index (χ3v) is 16.5. The van der Waals surface area contributed by atoms with Crippen LogP contribution in [0.15, 0.2) is 24.3 Å². The van der Waals surface area contributed by atoms with E-state index in [1.807, 2.05) is 0 Å². The number of aliphatic hydroxyl groups excluding tert-OH is 2. The number of esters is 1. The Labute approximate surface area is 481 Å². The number of carbonyl (C=O) groups excluding carboxylic acids is 2. The van der Waals surface area contributed by atoms with Crippen molar-refractivity contribution in [3.8, 4) is 0 Å². The molecule has 0 aliphatic heterocycles. The standard InChI is InChI=1S/C71H137NO5/c1-3-5-7-9-11-13-15-17-19-21-22-23-25-28-32-35-39-43-47-51-55-59-63-69(74)68(67-73)72-70(75)64-60-56-52-48-44-40-36-33-29-26-24-27-30-34-38-42-46-50-54-58-62-66-77-71(76)65-61-57-53-49-45-41-37-31-20-18-16-14-12-10-8-6-4-2/h18,20,26,29,68-69,73-74H,3-17,19,21-25,27-28,30-67H2,1-2H3,(H,72,75)/b20-18-,29-26-. The van der Waals surface area contributed by atoms with Gasteiger partial charge in [-0.05, 0) is 77.0 Å². The summed E-state index contributed by atoms with van der Waals surface area (Å²) in [5.41, 5.74) is 0. The predicted octanol–water partition coefficient (Wildman–Crippen LogP) is 22.5. The van der Waals surface area contributed by atoms with Crippen LogP contribution in [0.5, 0.6) is 0 Å². The second-order valence-electron chi connectivity index (χ2n) is 24.2. The molecular formula is C71H137NO5. The van der Waals surface area contributed by atoms with Gasteiger partial charge in [0, 0.05) is 12.8 Å². The lowest BCUT2D eigenvalue weighted by molar-refractivity contribution is -0.143.